The van der Waals surface area contributed by atoms with E-state index >= 15 is 0 Å². The molecular weight excluding hydrogens is 278 g/mol. The van der Waals surface area contributed by atoms with Crippen LogP contribution in [0.1, 0.15) is 11.3 Å². The average molecular weight is 283 g/mol. The van der Waals surface area contributed by atoms with Crippen LogP contribution in [0.2, 0.25) is 0 Å². The number of carboxylic acid groups (broad SMARTS) is 1. The molecule has 0 amide bonds. The molecule has 1 aliphatic carbocycles. The maximum absolute atomic E-state index is 13.0. The minimum absolute atomic E-state index is 0.210. The Hall–Kier alpha value is -0.490. The highest BCUT2D eigenvalue weighted by atomic mass is 79.9. The highest BCUT2D eigenvalue weighted by Gasteiger charge is 2.78. The van der Waals surface area contributed by atoms with E-state index < -0.39 is 23.7 Å². The van der Waals surface area contributed by atoms with Crippen LogP contribution in [0.25, 0.3) is 0 Å². The third kappa shape index (κ3) is 1.13. The van der Waals surface area contributed by atoms with Gasteiger partial charge in [0.2, 0.25) is 0 Å². The van der Waals surface area contributed by atoms with Crippen LogP contribution in [0.3, 0.4) is 0 Å². The molecule has 14 heavy (non-hydrogen) atoms. The predicted octanol–water partition coefficient (Wildman–Crippen LogP) is 2.87. The number of aliphatic carboxylic acids is 1. The second kappa shape index (κ2) is 2.76. The number of carboxylic acids is 1. The average Bonchev–Trinajstić information content (AvgIpc) is 2.44. The lowest BCUT2D eigenvalue weighted by atomic mass is 10.1. The summed E-state index contributed by atoms with van der Waals surface area (Å²) in [6, 6.07) is 1.44. The van der Waals surface area contributed by atoms with Gasteiger partial charge >= 0.3 is 5.97 Å². The van der Waals surface area contributed by atoms with Gasteiger partial charge in [0.1, 0.15) is 0 Å². The Balaban J connectivity index is 2.46. The normalized spacial score (nSPS) is 28.8. The zero-order valence-electron chi connectivity index (χ0n) is 6.76. The first-order valence-corrected chi connectivity index (χ1v) is 5.43. The van der Waals surface area contributed by atoms with Crippen molar-refractivity contribution >= 4 is 33.2 Å². The van der Waals surface area contributed by atoms with Crippen molar-refractivity contribution in [3.05, 3.63) is 20.8 Å². The molecule has 76 valence electrons. The molecule has 1 fully saturated rings. The third-order valence-electron chi connectivity index (χ3n) is 2.34. The van der Waals surface area contributed by atoms with Crippen molar-refractivity contribution in [2.45, 2.75) is 17.8 Å². The summed E-state index contributed by atoms with van der Waals surface area (Å²) in [4.78, 5) is 11.0. The zero-order chi connectivity index (χ0) is 10.6. The number of hydrogen-bond donors (Lipinski definition) is 1. The van der Waals surface area contributed by atoms with Crippen molar-refractivity contribution in [3.63, 3.8) is 0 Å². The van der Waals surface area contributed by atoms with E-state index in [1.165, 1.54) is 6.07 Å². The first kappa shape index (κ1) is 10.0. The Morgan fingerprint density at radius 2 is 2.21 bits per heavy atom. The minimum Gasteiger partial charge on any atom is -0.480 e. The summed E-state index contributed by atoms with van der Waals surface area (Å²) in [5, 5.41) is 10.4. The van der Waals surface area contributed by atoms with Crippen molar-refractivity contribution < 1.29 is 18.7 Å². The highest BCUT2D eigenvalue weighted by molar-refractivity contribution is 9.10. The summed E-state index contributed by atoms with van der Waals surface area (Å²) in [6.07, 6.45) is -0.595. The van der Waals surface area contributed by atoms with E-state index in [0.717, 1.165) is 11.3 Å². The molecule has 0 aliphatic heterocycles. The van der Waals surface area contributed by atoms with Crippen molar-refractivity contribution in [3.8, 4) is 0 Å². The van der Waals surface area contributed by atoms with E-state index in [0.29, 0.717) is 4.47 Å². The fourth-order valence-electron chi connectivity index (χ4n) is 1.43. The molecule has 1 heterocycles. The largest absolute Gasteiger partial charge is 0.480 e. The molecule has 0 aromatic carbocycles. The van der Waals surface area contributed by atoms with Crippen molar-refractivity contribution in [1.29, 1.82) is 0 Å². The highest BCUT2D eigenvalue weighted by Crippen LogP contribution is 2.63. The van der Waals surface area contributed by atoms with Gasteiger partial charge in [-0.3, -0.25) is 4.79 Å². The van der Waals surface area contributed by atoms with Gasteiger partial charge in [0.05, 0.1) is 0 Å². The van der Waals surface area contributed by atoms with Gasteiger partial charge in [-0.15, -0.1) is 11.3 Å². The van der Waals surface area contributed by atoms with E-state index in [9.17, 15) is 13.6 Å². The van der Waals surface area contributed by atoms with Crippen LogP contribution in [0.4, 0.5) is 8.78 Å². The minimum atomic E-state index is -3.11. The maximum atomic E-state index is 13.0. The van der Waals surface area contributed by atoms with E-state index in [-0.39, 0.29) is 4.88 Å². The lowest BCUT2D eigenvalue weighted by Gasteiger charge is -2.07. The number of rotatable bonds is 2. The van der Waals surface area contributed by atoms with Crippen LogP contribution >= 0.6 is 27.3 Å². The summed E-state index contributed by atoms with van der Waals surface area (Å²) < 4.78 is 26.7. The van der Waals surface area contributed by atoms with Gasteiger partial charge in [0.25, 0.3) is 5.92 Å². The van der Waals surface area contributed by atoms with Gasteiger partial charge in [-0.25, -0.2) is 8.78 Å². The molecule has 0 saturated heterocycles. The fourth-order valence-corrected chi connectivity index (χ4v) is 3.10. The SMILES string of the molecule is O=C(O)C1(c2cc(Br)cs2)CC1(F)F. The van der Waals surface area contributed by atoms with Crippen molar-refractivity contribution in [2.75, 3.05) is 0 Å². The molecule has 1 N–H and O–H groups in total. The lowest BCUT2D eigenvalue weighted by molar-refractivity contribution is -0.142. The number of hydrogen-bond acceptors (Lipinski definition) is 2. The van der Waals surface area contributed by atoms with Gasteiger partial charge < -0.3 is 5.11 Å². The summed E-state index contributed by atoms with van der Waals surface area (Å²) in [5.41, 5.74) is -1.97. The van der Waals surface area contributed by atoms with E-state index in [4.69, 9.17) is 5.11 Å². The molecule has 1 aromatic rings. The third-order valence-corrected chi connectivity index (χ3v) is 4.19. The Kier molecular flexibility index (Phi) is 1.98. The molecule has 1 aliphatic rings. The number of alkyl halides is 2. The fraction of sp³-hybridized carbons (Fsp3) is 0.375. The molecule has 0 bridgehead atoms. The molecule has 1 atom stereocenters. The van der Waals surface area contributed by atoms with Crippen LogP contribution in [0.15, 0.2) is 15.9 Å². The Morgan fingerprint density at radius 3 is 2.50 bits per heavy atom. The maximum Gasteiger partial charge on any atom is 0.321 e. The topological polar surface area (TPSA) is 37.3 Å². The van der Waals surface area contributed by atoms with E-state index in [1.54, 1.807) is 5.38 Å². The van der Waals surface area contributed by atoms with E-state index in [2.05, 4.69) is 15.9 Å². The first-order chi connectivity index (χ1) is 6.40. The number of carbonyl (C=O) groups is 1. The van der Waals surface area contributed by atoms with Crippen LogP contribution in [0, 0.1) is 0 Å². The van der Waals surface area contributed by atoms with Gasteiger partial charge in [0.15, 0.2) is 5.41 Å². The number of halogens is 3. The van der Waals surface area contributed by atoms with Gasteiger partial charge in [-0.1, -0.05) is 0 Å². The lowest BCUT2D eigenvalue weighted by Crippen LogP contribution is -2.25. The smallest absolute Gasteiger partial charge is 0.321 e. The molecule has 1 saturated carbocycles. The van der Waals surface area contributed by atoms with E-state index in [1.807, 2.05) is 0 Å². The molecule has 6 heteroatoms. The molecule has 0 radical (unpaired) electrons. The predicted molar refractivity (Wildman–Crippen MR) is 50.9 cm³/mol. The molecule has 2 nitrogen and oxygen atoms in total. The second-order valence-corrected chi connectivity index (χ2v) is 5.05. The quantitative estimate of drug-likeness (QED) is 0.906. The van der Waals surface area contributed by atoms with Crippen LogP contribution in [-0.4, -0.2) is 17.0 Å². The standard InChI is InChI=1S/C8H5BrF2O2S/c9-4-1-5(14-2-4)7(6(12)13)3-8(7,10)11/h1-2H,3H2,(H,12,13). The second-order valence-electron chi connectivity index (χ2n) is 3.22. The summed E-state index contributed by atoms with van der Waals surface area (Å²) in [5.74, 6) is -4.56. The molecule has 2 rings (SSSR count). The van der Waals surface area contributed by atoms with Gasteiger partial charge in [-0.05, 0) is 22.0 Å². The summed E-state index contributed by atoms with van der Waals surface area (Å²) >= 11 is 4.15. The Bertz CT molecular complexity index is 404. The number of thiophene rings is 1. The Morgan fingerprint density at radius 1 is 1.64 bits per heavy atom. The van der Waals surface area contributed by atoms with Gasteiger partial charge in [-0.2, -0.15) is 0 Å². The van der Waals surface area contributed by atoms with Crippen LogP contribution < -0.4 is 0 Å². The molecule has 1 unspecified atom stereocenters. The van der Waals surface area contributed by atoms with Crippen LogP contribution in [-0.2, 0) is 10.2 Å². The molecule has 1 aromatic heterocycles. The summed E-state index contributed by atoms with van der Waals surface area (Å²) in [7, 11) is 0. The molecular formula is C8H5BrF2O2S. The van der Waals surface area contributed by atoms with Gasteiger partial charge in [0, 0.05) is 21.2 Å². The summed E-state index contributed by atoms with van der Waals surface area (Å²) in [6.45, 7) is 0. The first-order valence-electron chi connectivity index (χ1n) is 3.76. The Labute approximate surface area is 90.7 Å². The van der Waals surface area contributed by atoms with Crippen LogP contribution in [0.5, 0.6) is 0 Å². The van der Waals surface area contributed by atoms with Crippen molar-refractivity contribution in [1.82, 2.24) is 0 Å². The zero-order valence-corrected chi connectivity index (χ0v) is 9.16. The molecule has 0 spiro atoms. The van der Waals surface area contributed by atoms with Crippen molar-refractivity contribution in [2.24, 2.45) is 0 Å². The monoisotopic (exact) mass is 282 g/mol.